The van der Waals surface area contributed by atoms with E-state index in [2.05, 4.69) is 4.98 Å². The van der Waals surface area contributed by atoms with Crippen LogP contribution in [-0.4, -0.2) is 34.9 Å². The van der Waals surface area contributed by atoms with Crippen LogP contribution in [0, 0.1) is 0 Å². The Hall–Kier alpha value is -4.19. The lowest BCUT2D eigenvalue weighted by Gasteiger charge is -2.23. The lowest BCUT2D eigenvalue weighted by atomic mass is 10.1. The molecule has 6 heteroatoms. The van der Waals surface area contributed by atoms with Gasteiger partial charge in [0.1, 0.15) is 5.52 Å². The molecule has 1 aromatic heterocycles. The molecule has 166 valence electrons. The number of benzene rings is 3. The van der Waals surface area contributed by atoms with Crippen LogP contribution < -0.4 is 0 Å². The van der Waals surface area contributed by atoms with Crippen molar-refractivity contribution in [1.82, 2.24) is 9.88 Å². The summed E-state index contributed by atoms with van der Waals surface area (Å²) in [6.45, 7) is 0.634. The number of aromatic nitrogens is 1. The number of carbonyl (C=O) groups excluding carboxylic acids is 2. The molecule has 0 N–H and O–H groups in total. The Morgan fingerprint density at radius 1 is 0.879 bits per heavy atom. The summed E-state index contributed by atoms with van der Waals surface area (Å²) in [4.78, 5) is 31.0. The molecule has 0 aliphatic heterocycles. The van der Waals surface area contributed by atoms with Gasteiger partial charge in [-0.1, -0.05) is 72.8 Å². The summed E-state index contributed by atoms with van der Waals surface area (Å²) >= 11 is 0. The molecule has 4 aromatic rings. The Bertz CT molecular complexity index is 1200. The Labute approximate surface area is 192 Å². The fourth-order valence-corrected chi connectivity index (χ4v) is 3.38. The number of hydrogen-bond acceptors (Lipinski definition) is 5. The minimum absolute atomic E-state index is 0.251. The van der Waals surface area contributed by atoms with Gasteiger partial charge in [0.25, 0.3) is 5.91 Å². The van der Waals surface area contributed by atoms with Crippen LogP contribution in [0.1, 0.15) is 17.0 Å². The number of amides is 1. The van der Waals surface area contributed by atoms with Crippen LogP contribution in [0.5, 0.6) is 0 Å². The Morgan fingerprint density at radius 2 is 1.55 bits per heavy atom. The van der Waals surface area contributed by atoms with Gasteiger partial charge in [-0.2, -0.15) is 0 Å². The van der Waals surface area contributed by atoms with Gasteiger partial charge in [0.15, 0.2) is 12.2 Å². The highest BCUT2D eigenvalue weighted by Gasteiger charge is 2.16. The lowest BCUT2D eigenvalue weighted by Crippen LogP contribution is -2.35. The first kappa shape index (κ1) is 22.0. The quantitative estimate of drug-likeness (QED) is 0.280. The van der Waals surface area contributed by atoms with E-state index in [9.17, 15) is 9.59 Å². The zero-order valence-electron chi connectivity index (χ0n) is 18.1. The summed E-state index contributed by atoms with van der Waals surface area (Å²) in [5.74, 6) is -0.584. The minimum Gasteiger partial charge on any atom is -0.452 e. The van der Waals surface area contributed by atoms with Gasteiger partial charge in [-0.15, -0.1) is 0 Å². The van der Waals surface area contributed by atoms with Crippen molar-refractivity contribution < 1.29 is 18.7 Å². The van der Waals surface area contributed by atoms with Gasteiger partial charge >= 0.3 is 5.97 Å². The number of ether oxygens (including phenoxy) is 1. The van der Waals surface area contributed by atoms with E-state index in [-0.39, 0.29) is 12.5 Å². The fraction of sp³-hybridized carbons (Fsp3) is 0.148. The molecule has 0 bridgehead atoms. The number of esters is 1. The monoisotopic (exact) mass is 440 g/mol. The third-order valence-corrected chi connectivity index (χ3v) is 5.09. The van der Waals surface area contributed by atoms with E-state index in [0.717, 1.165) is 11.1 Å². The van der Waals surface area contributed by atoms with Gasteiger partial charge in [0.05, 0.1) is 0 Å². The summed E-state index contributed by atoms with van der Waals surface area (Å²) in [7, 11) is 0. The summed E-state index contributed by atoms with van der Waals surface area (Å²) in [5.41, 5.74) is 3.49. The van der Waals surface area contributed by atoms with Crippen LogP contribution in [0.2, 0.25) is 0 Å². The van der Waals surface area contributed by atoms with Crippen molar-refractivity contribution in [1.29, 1.82) is 0 Å². The third-order valence-electron chi connectivity index (χ3n) is 5.09. The van der Waals surface area contributed by atoms with Crippen LogP contribution >= 0.6 is 0 Å². The first-order chi connectivity index (χ1) is 16.2. The number of nitrogens with zero attached hydrogens (tertiary/aromatic N) is 2. The first-order valence-corrected chi connectivity index (χ1v) is 10.7. The molecule has 0 unspecified atom stereocenters. The smallest absolute Gasteiger partial charge is 0.331 e. The molecular formula is C27H24N2O4. The molecule has 0 atom stereocenters. The van der Waals surface area contributed by atoms with Crippen LogP contribution in [-0.2, 0) is 27.3 Å². The van der Waals surface area contributed by atoms with E-state index in [1.807, 2.05) is 78.9 Å². The highest BCUT2D eigenvalue weighted by Crippen LogP contribution is 2.15. The Balaban J connectivity index is 1.35. The third kappa shape index (κ3) is 6.40. The first-order valence-electron chi connectivity index (χ1n) is 10.7. The SMILES string of the molecule is O=C(/C=C/c1nc2ccccc2o1)OCC(=O)N(CCc1ccccc1)Cc1ccccc1. The largest absolute Gasteiger partial charge is 0.452 e. The zero-order valence-corrected chi connectivity index (χ0v) is 18.1. The second kappa shape index (κ2) is 10.9. The molecule has 0 aliphatic carbocycles. The normalized spacial score (nSPS) is 11.0. The number of carbonyl (C=O) groups is 2. The van der Waals surface area contributed by atoms with Crippen LogP contribution in [0.4, 0.5) is 0 Å². The average Bonchev–Trinajstić information content (AvgIpc) is 3.28. The Morgan fingerprint density at radius 3 is 2.27 bits per heavy atom. The second-order valence-corrected chi connectivity index (χ2v) is 7.50. The molecule has 33 heavy (non-hydrogen) atoms. The Kier molecular flexibility index (Phi) is 7.28. The van der Waals surface area contributed by atoms with E-state index in [1.54, 1.807) is 11.0 Å². The molecule has 4 rings (SSSR count). The predicted octanol–water partition coefficient (Wildman–Crippen LogP) is 4.66. The van der Waals surface area contributed by atoms with Crippen molar-refractivity contribution in [3.8, 4) is 0 Å². The summed E-state index contributed by atoms with van der Waals surface area (Å²) < 4.78 is 10.7. The highest BCUT2D eigenvalue weighted by molar-refractivity contribution is 5.89. The maximum Gasteiger partial charge on any atom is 0.331 e. The molecule has 6 nitrogen and oxygen atoms in total. The predicted molar refractivity (Wildman–Crippen MR) is 126 cm³/mol. The number of fused-ring (bicyclic) bond motifs is 1. The van der Waals surface area contributed by atoms with Crippen molar-refractivity contribution in [2.24, 2.45) is 0 Å². The number of rotatable bonds is 9. The number of oxazole rings is 1. The van der Waals surface area contributed by atoms with Gasteiger partial charge in [-0.3, -0.25) is 4.79 Å². The molecule has 1 heterocycles. The zero-order chi connectivity index (χ0) is 22.9. The summed E-state index contributed by atoms with van der Waals surface area (Å²) in [5, 5.41) is 0. The molecule has 0 aliphatic rings. The van der Waals surface area contributed by atoms with E-state index in [1.165, 1.54) is 12.2 Å². The van der Waals surface area contributed by atoms with Gasteiger partial charge in [-0.25, -0.2) is 9.78 Å². The minimum atomic E-state index is -0.631. The number of hydrogen-bond donors (Lipinski definition) is 0. The van der Waals surface area contributed by atoms with Crippen LogP contribution in [0.15, 0.2) is 95.4 Å². The van der Waals surface area contributed by atoms with Crippen LogP contribution in [0.3, 0.4) is 0 Å². The van der Waals surface area contributed by atoms with Crippen molar-refractivity contribution in [3.05, 3.63) is 108 Å². The summed E-state index contributed by atoms with van der Waals surface area (Å²) in [6, 6.07) is 27.1. The van der Waals surface area contributed by atoms with Crippen molar-refractivity contribution in [2.75, 3.05) is 13.2 Å². The van der Waals surface area contributed by atoms with E-state index in [4.69, 9.17) is 9.15 Å². The topological polar surface area (TPSA) is 72.6 Å². The van der Waals surface area contributed by atoms with Gasteiger partial charge < -0.3 is 14.1 Å². The molecule has 3 aromatic carbocycles. The molecule has 0 radical (unpaired) electrons. The van der Waals surface area contributed by atoms with E-state index >= 15 is 0 Å². The molecule has 0 saturated heterocycles. The second-order valence-electron chi connectivity index (χ2n) is 7.50. The lowest BCUT2D eigenvalue weighted by molar-refractivity contribution is -0.148. The maximum atomic E-state index is 12.9. The molecule has 0 fully saturated rings. The van der Waals surface area contributed by atoms with Gasteiger partial charge in [0, 0.05) is 25.2 Å². The standard InChI is InChI=1S/C27H24N2O4/c30-26(20-32-27(31)16-15-25-28-23-13-7-8-14-24(23)33-25)29(19-22-11-5-2-6-12-22)18-17-21-9-3-1-4-10-21/h1-16H,17-20H2/b16-15+. The maximum absolute atomic E-state index is 12.9. The van der Waals surface area contributed by atoms with Gasteiger partial charge in [-0.05, 0) is 29.7 Å². The average molecular weight is 440 g/mol. The summed E-state index contributed by atoms with van der Waals surface area (Å²) in [6.07, 6.45) is 3.36. The van der Waals surface area contributed by atoms with Crippen molar-refractivity contribution >= 4 is 29.1 Å². The molecular weight excluding hydrogens is 416 g/mol. The van der Waals surface area contributed by atoms with Gasteiger partial charge in [0.2, 0.25) is 5.89 Å². The van der Waals surface area contributed by atoms with E-state index < -0.39 is 5.97 Å². The van der Waals surface area contributed by atoms with E-state index in [0.29, 0.717) is 36.5 Å². The molecule has 0 saturated carbocycles. The fourth-order valence-electron chi connectivity index (χ4n) is 3.38. The molecule has 1 amide bonds. The van der Waals surface area contributed by atoms with Crippen LogP contribution in [0.25, 0.3) is 17.2 Å². The highest BCUT2D eigenvalue weighted by atomic mass is 16.5. The molecule has 0 spiro atoms. The van der Waals surface area contributed by atoms with Crippen molar-refractivity contribution in [3.63, 3.8) is 0 Å². The number of para-hydroxylation sites is 2. The van der Waals surface area contributed by atoms with Crippen molar-refractivity contribution in [2.45, 2.75) is 13.0 Å².